The summed E-state index contributed by atoms with van der Waals surface area (Å²) in [6, 6.07) is 14.8. The van der Waals surface area contributed by atoms with E-state index in [9.17, 15) is 9.59 Å². The highest BCUT2D eigenvalue weighted by atomic mass is 28.4. The summed E-state index contributed by atoms with van der Waals surface area (Å²) in [4.78, 5) is 33.0. The molecule has 2 heterocycles. The molecule has 11 nitrogen and oxygen atoms in total. The van der Waals surface area contributed by atoms with Gasteiger partial charge in [0.05, 0.1) is 14.2 Å². The molecule has 0 spiro atoms. The molecule has 268 valence electrons. The van der Waals surface area contributed by atoms with Crippen molar-refractivity contribution in [3.05, 3.63) is 60.0 Å². The van der Waals surface area contributed by atoms with Gasteiger partial charge in [-0.3, -0.25) is 0 Å². The van der Waals surface area contributed by atoms with Gasteiger partial charge in [-0.15, -0.1) is 0 Å². The SMILES string of the molecule is COC(=O)c1c(-c2ccc(Oc3ccccc3)c(OC)c2)nc(C(CCO[Si](C)(C)C(C)(C)C)C2CCN(C(=O)OC(C)(C)C)CC2)n1N. The van der Waals surface area contributed by atoms with E-state index in [-0.39, 0.29) is 28.7 Å². The van der Waals surface area contributed by atoms with Crippen molar-refractivity contribution in [2.24, 2.45) is 5.92 Å². The van der Waals surface area contributed by atoms with Crippen LogP contribution >= 0.6 is 0 Å². The smallest absolute Gasteiger partial charge is 0.410 e. The van der Waals surface area contributed by atoms with Gasteiger partial charge in [-0.2, -0.15) is 0 Å². The van der Waals surface area contributed by atoms with Gasteiger partial charge in [0.25, 0.3) is 0 Å². The zero-order valence-corrected chi connectivity index (χ0v) is 31.8. The van der Waals surface area contributed by atoms with Crippen molar-refractivity contribution in [3.63, 3.8) is 0 Å². The Kier molecular flexibility index (Phi) is 11.8. The Balaban J connectivity index is 1.71. The standard InChI is InChI=1S/C37H54N4O7Si/c1-36(2,3)48-35(43)40-21-18-25(19-22-40)28(20-23-46-49(9,10)37(4,5)6)33-39-31(32(41(33)38)34(42)45-8)26-16-17-29(30(24-26)44-7)47-27-14-12-11-13-15-27/h11-17,24-25,28H,18-23,38H2,1-10H3. The predicted molar refractivity (Wildman–Crippen MR) is 193 cm³/mol. The first-order valence-electron chi connectivity index (χ1n) is 16.9. The molecule has 1 amide bonds. The number of methoxy groups -OCH3 is 2. The fourth-order valence-corrected chi connectivity index (χ4v) is 6.82. The van der Waals surface area contributed by atoms with Crippen LogP contribution in [0.4, 0.5) is 4.79 Å². The predicted octanol–water partition coefficient (Wildman–Crippen LogP) is 7.99. The van der Waals surface area contributed by atoms with E-state index in [1.54, 1.807) is 24.1 Å². The Labute approximate surface area is 292 Å². The number of imidazole rings is 1. The zero-order valence-electron chi connectivity index (χ0n) is 30.8. The third-order valence-electron chi connectivity index (χ3n) is 9.52. The summed E-state index contributed by atoms with van der Waals surface area (Å²) in [5.74, 6) is 8.36. The summed E-state index contributed by atoms with van der Waals surface area (Å²) in [7, 11) is 0.851. The van der Waals surface area contributed by atoms with Gasteiger partial charge in [0, 0.05) is 31.2 Å². The van der Waals surface area contributed by atoms with Crippen molar-refractivity contribution in [1.29, 1.82) is 0 Å². The highest BCUT2D eigenvalue weighted by Crippen LogP contribution is 2.41. The van der Waals surface area contributed by atoms with E-state index < -0.39 is 19.9 Å². The molecule has 0 radical (unpaired) electrons. The minimum absolute atomic E-state index is 0.0499. The molecule has 1 aliphatic rings. The average Bonchev–Trinajstić information content (AvgIpc) is 3.38. The molecular formula is C37H54N4O7Si. The number of rotatable bonds is 11. The second-order valence-corrected chi connectivity index (χ2v) is 19.9. The lowest BCUT2D eigenvalue weighted by Crippen LogP contribution is -2.43. The summed E-state index contributed by atoms with van der Waals surface area (Å²) in [6.45, 7) is 18.3. The van der Waals surface area contributed by atoms with E-state index in [1.807, 2.05) is 57.2 Å². The number of benzene rings is 2. The molecular weight excluding hydrogens is 641 g/mol. The minimum Gasteiger partial charge on any atom is -0.493 e. The van der Waals surface area contributed by atoms with E-state index in [2.05, 4.69) is 33.9 Å². The number of nitrogen functional groups attached to an aromatic ring is 1. The zero-order chi connectivity index (χ0) is 36.1. The van der Waals surface area contributed by atoms with Crippen LogP contribution in [0.15, 0.2) is 48.5 Å². The number of para-hydroxylation sites is 1. The third kappa shape index (κ3) is 9.16. The second kappa shape index (κ2) is 15.2. The third-order valence-corrected chi connectivity index (χ3v) is 14.1. The molecule has 1 saturated heterocycles. The minimum atomic E-state index is -2.04. The molecule has 1 aliphatic heterocycles. The van der Waals surface area contributed by atoms with Gasteiger partial charge >= 0.3 is 12.1 Å². The van der Waals surface area contributed by atoms with E-state index >= 15 is 0 Å². The summed E-state index contributed by atoms with van der Waals surface area (Å²) in [5.41, 5.74) is 0.573. The number of nitrogens with two attached hydrogens (primary N) is 1. The van der Waals surface area contributed by atoms with E-state index in [4.69, 9.17) is 34.2 Å². The van der Waals surface area contributed by atoms with Crippen LogP contribution in [0.2, 0.25) is 18.1 Å². The van der Waals surface area contributed by atoms with Crippen LogP contribution in [0.25, 0.3) is 11.3 Å². The Morgan fingerprint density at radius 3 is 2.20 bits per heavy atom. The fourth-order valence-electron chi connectivity index (χ4n) is 5.76. The molecule has 0 bridgehead atoms. The molecule has 49 heavy (non-hydrogen) atoms. The lowest BCUT2D eigenvalue weighted by Gasteiger charge is -2.38. The number of likely N-dealkylation sites (tertiary alicyclic amines) is 1. The van der Waals surface area contributed by atoms with Crippen LogP contribution in [0.1, 0.15) is 83.0 Å². The van der Waals surface area contributed by atoms with E-state index in [1.165, 1.54) is 11.8 Å². The van der Waals surface area contributed by atoms with Gasteiger partial charge in [-0.05, 0) is 94.4 Å². The van der Waals surface area contributed by atoms with Crippen LogP contribution < -0.4 is 15.3 Å². The van der Waals surface area contributed by atoms with E-state index in [0.29, 0.717) is 60.4 Å². The number of nitrogens with zero attached hydrogens (tertiary/aromatic N) is 3. The Bertz CT molecular complexity index is 1590. The molecule has 1 aromatic heterocycles. The molecule has 1 atom stereocenters. The largest absolute Gasteiger partial charge is 0.493 e. The van der Waals surface area contributed by atoms with Crippen LogP contribution in [-0.4, -0.2) is 74.5 Å². The molecule has 3 aromatic rings. The maximum absolute atomic E-state index is 13.3. The molecule has 12 heteroatoms. The molecule has 2 aromatic carbocycles. The molecule has 1 unspecified atom stereocenters. The quantitative estimate of drug-likeness (QED) is 0.121. The Morgan fingerprint density at radius 1 is 0.980 bits per heavy atom. The van der Waals surface area contributed by atoms with Gasteiger partial charge in [0.2, 0.25) is 0 Å². The maximum Gasteiger partial charge on any atom is 0.410 e. The molecule has 1 fully saturated rings. The van der Waals surface area contributed by atoms with Crippen LogP contribution in [-0.2, 0) is 13.9 Å². The van der Waals surface area contributed by atoms with Crippen molar-refractivity contribution < 1.29 is 33.0 Å². The lowest BCUT2D eigenvalue weighted by atomic mass is 9.82. The lowest BCUT2D eigenvalue weighted by molar-refractivity contribution is 0.0168. The number of piperidine rings is 1. The van der Waals surface area contributed by atoms with Gasteiger partial charge in [-0.25, -0.2) is 19.2 Å². The maximum atomic E-state index is 13.3. The van der Waals surface area contributed by atoms with Gasteiger partial charge in [0.1, 0.15) is 22.9 Å². The summed E-state index contributed by atoms with van der Waals surface area (Å²) in [6.07, 6.45) is 1.77. The van der Waals surface area contributed by atoms with Gasteiger partial charge in [-0.1, -0.05) is 39.0 Å². The summed E-state index contributed by atoms with van der Waals surface area (Å²) >= 11 is 0. The number of amides is 1. The van der Waals surface area contributed by atoms with E-state index in [0.717, 1.165) is 12.8 Å². The van der Waals surface area contributed by atoms with Crippen molar-refractivity contribution in [2.45, 2.75) is 90.5 Å². The van der Waals surface area contributed by atoms with Crippen LogP contribution in [0, 0.1) is 5.92 Å². The number of hydrogen-bond acceptors (Lipinski definition) is 9. The van der Waals surface area contributed by atoms with Crippen molar-refractivity contribution in [1.82, 2.24) is 14.6 Å². The molecule has 4 rings (SSSR count). The number of esters is 1. The number of ether oxygens (including phenoxy) is 4. The first-order valence-corrected chi connectivity index (χ1v) is 19.9. The first-order chi connectivity index (χ1) is 23.0. The molecule has 2 N–H and O–H groups in total. The highest BCUT2D eigenvalue weighted by molar-refractivity contribution is 6.74. The monoisotopic (exact) mass is 694 g/mol. The Hall–Kier alpha value is -4.03. The average molecular weight is 695 g/mol. The summed E-state index contributed by atoms with van der Waals surface area (Å²) in [5, 5.41) is 0.0499. The van der Waals surface area contributed by atoms with Gasteiger partial charge in [0.15, 0.2) is 25.5 Å². The van der Waals surface area contributed by atoms with Crippen molar-refractivity contribution in [2.75, 3.05) is 39.8 Å². The van der Waals surface area contributed by atoms with Crippen LogP contribution in [0.5, 0.6) is 17.2 Å². The Morgan fingerprint density at radius 2 is 1.63 bits per heavy atom. The normalized spacial score (nSPS) is 15.1. The number of aromatic nitrogens is 2. The molecule has 0 saturated carbocycles. The van der Waals surface area contributed by atoms with Crippen molar-refractivity contribution >= 4 is 20.4 Å². The number of hydrogen-bond donors (Lipinski definition) is 1. The topological polar surface area (TPSA) is 127 Å². The second-order valence-electron chi connectivity index (χ2n) is 15.1. The van der Waals surface area contributed by atoms with Crippen LogP contribution in [0.3, 0.4) is 0 Å². The van der Waals surface area contributed by atoms with Gasteiger partial charge < -0.3 is 34.1 Å². The molecule has 0 aliphatic carbocycles. The number of carbonyl (C=O) groups is 2. The number of carbonyl (C=O) groups excluding carboxylic acids is 2. The van der Waals surface area contributed by atoms with Crippen molar-refractivity contribution in [3.8, 4) is 28.5 Å². The first kappa shape index (κ1) is 37.8. The highest BCUT2D eigenvalue weighted by Gasteiger charge is 2.39. The summed E-state index contributed by atoms with van der Waals surface area (Å²) < 4.78 is 30.6. The fraction of sp³-hybridized carbons (Fsp3) is 0.541.